The van der Waals surface area contributed by atoms with Crippen molar-refractivity contribution >= 4 is 17.3 Å². The van der Waals surface area contributed by atoms with Crippen LogP contribution in [0.15, 0.2) is 30.5 Å². The van der Waals surface area contributed by atoms with Crippen molar-refractivity contribution in [2.75, 3.05) is 5.32 Å². The van der Waals surface area contributed by atoms with Gasteiger partial charge < -0.3 is 9.88 Å². The predicted molar refractivity (Wildman–Crippen MR) is 78.5 cm³/mol. The van der Waals surface area contributed by atoms with Gasteiger partial charge in [0, 0.05) is 18.8 Å². The van der Waals surface area contributed by atoms with Crippen LogP contribution in [0, 0.1) is 10.1 Å². The fourth-order valence-corrected chi connectivity index (χ4v) is 2.72. The first-order valence-electron chi connectivity index (χ1n) is 6.78. The summed E-state index contributed by atoms with van der Waals surface area (Å²) in [6.07, 6.45) is 4.61. The van der Waals surface area contributed by atoms with Crippen LogP contribution in [-0.4, -0.2) is 15.4 Å². The molecule has 1 aliphatic rings. The van der Waals surface area contributed by atoms with Crippen molar-refractivity contribution in [3.8, 4) is 0 Å². The van der Waals surface area contributed by atoms with Gasteiger partial charge in [-0.1, -0.05) is 6.07 Å². The average molecular weight is 285 g/mol. The number of carbonyl (C=O) groups excluding carboxylic acids is 1. The second-order valence-corrected chi connectivity index (χ2v) is 5.24. The van der Waals surface area contributed by atoms with Gasteiger partial charge in [0.2, 0.25) is 0 Å². The Morgan fingerprint density at radius 3 is 2.76 bits per heavy atom. The minimum atomic E-state index is -0.508. The van der Waals surface area contributed by atoms with Crippen molar-refractivity contribution in [3.63, 3.8) is 0 Å². The van der Waals surface area contributed by atoms with Crippen LogP contribution in [-0.2, 0) is 19.9 Å². The number of nitrogens with zero attached hydrogens (tertiary/aromatic N) is 2. The van der Waals surface area contributed by atoms with Crippen LogP contribution in [0.4, 0.5) is 11.4 Å². The topological polar surface area (TPSA) is 77.2 Å². The average Bonchev–Trinajstić information content (AvgIpc) is 3.04. The van der Waals surface area contributed by atoms with Crippen LogP contribution in [0.5, 0.6) is 0 Å². The number of anilines is 1. The first-order chi connectivity index (χ1) is 10.0. The van der Waals surface area contributed by atoms with Gasteiger partial charge in [0.15, 0.2) is 0 Å². The highest BCUT2D eigenvalue weighted by molar-refractivity contribution is 6.03. The third kappa shape index (κ3) is 2.52. The Bertz CT molecular complexity index is 734. The van der Waals surface area contributed by atoms with Gasteiger partial charge in [-0.2, -0.15) is 0 Å². The lowest BCUT2D eigenvalue weighted by Gasteiger charge is -2.07. The molecule has 0 unspecified atom stereocenters. The molecular weight excluding hydrogens is 270 g/mol. The molecule has 0 saturated heterocycles. The summed E-state index contributed by atoms with van der Waals surface area (Å²) in [5.74, 6) is -0.344. The number of hydrogen-bond donors (Lipinski definition) is 1. The monoisotopic (exact) mass is 285 g/mol. The second kappa shape index (κ2) is 5.05. The van der Waals surface area contributed by atoms with Gasteiger partial charge in [-0.25, -0.2) is 0 Å². The minimum absolute atomic E-state index is 0.0865. The Morgan fingerprint density at radius 2 is 2.05 bits per heavy atom. The number of carbonyl (C=O) groups is 1. The maximum Gasteiger partial charge on any atom is 0.287 e. The summed E-state index contributed by atoms with van der Waals surface area (Å²) in [5.41, 5.74) is 3.51. The van der Waals surface area contributed by atoms with E-state index in [-0.39, 0.29) is 17.3 Å². The molecule has 6 nitrogen and oxygen atoms in total. The van der Waals surface area contributed by atoms with E-state index in [1.807, 2.05) is 18.2 Å². The normalized spacial score (nSPS) is 13.0. The van der Waals surface area contributed by atoms with E-state index >= 15 is 0 Å². The summed E-state index contributed by atoms with van der Waals surface area (Å²) >= 11 is 0. The number of aryl methyl sites for hydroxylation is 3. The third-order valence-electron chi connectivity index (χ3n) is 3.79. The van der Waals surface area contributed by atoms with Crippen LogP contribution in [0.3, 0.4) is 0 Å². The van der Waals surface area contributed by atoms with E-state index in [1.165, 1.54) is 28.0 Å². The zero-order chi connectivity index (χ0) is 15.0. The molecular formula is C15H15N3O3. The van der Waals surface area contributed by atoms with E-state index in [0.29, 0.717) is 0 Å². The number of hydrogen-bond acceptors (Lipinski definition) is 3. The molecule has 1 aliphatic carbocycles. The summed E-state index contributed by atoms with van der Waals surface area (Å²) in [6, 6.07) is 7.17. The Balaban J connectivity index is 1.81. The quantitative estimate of drug-likeness (QED) is 0.695. The molecule has 6 heteroatoms. The Morgan fingerprint density at radius 1 is 1.29 bits per heavy atom. The Kier molecular flexibility index (Phi) is 3.21. The van der Waals surface area contributed by atoms with Crippen LogP contribution in [0.1, 0.15) is 28.0 Å². The molecule has 1 N–H and O–H groups in total. The van der Waals surface area contributed by atoms with Gasteiger partial charge in [-0.05, 0) is 42.5 Å². The smallest absolute Gasteiger partial charge is 0.287 e. The molecule has 1 heterocycles. The zero-order valence-corrected chi connectivity index (χ0v) is 11.6. The molecule has 1 aromatic carbocycles. The molecule has 0 aliphatic heterocycles. The highest BCUT2D eigenvalue weighted by Crippen LogP contribution is 2.25. The van der Waals surface area contributed by atoms with E-state index < -0.39 is 4.92 Å². The number of fused-ring (bicyclic) bond motifs is 1. The molecule has 108 valence electrons. The molecule has 0 atom stereocenters. The number of nitrogens with one attached hydrogen (secondary N) is 1. The van der Waals surface area contributed by atoms with Crippen LogP contribution < -0.4 is 5.32 Å². The standard InChI is InChI=1S/C15H15N3O3/c1-17-9-13(18(20)21)8-14(17)15(19)16-12-6-5-10-3-2-4-11(10)7-12/h5-9H,2-4H2,1H3,(H,16,19). The van der Waals surface area contributed by atoms with E-state index in [1.54, 1.807) is 7.05 Å². The molecule has 1 aromatic heterocycles. The minimum Gasteiger partial charge on any atom is -0.340 e. The molecule has 0 spiro atoms. The summed E-state index contributed by atoms with van der Waals surface area (Å²) in [7, 11) is 1.62. The van der Waals surface area contributed by atoms with Crippen LogP contribution >= 0.6 is 0 Å². The van der Waals surface area contributed by atoms with Crippen molar-refractivity contribution in [1.82, 2.24) is 4.57 Å². The van der Waals surface area contributed by atoms with E-state index in [0.717, 1.165) is 24.9 Å². The van der Waals surface area contributed by atoms with Gasteiger partial charge in [-0.3, -0.25) is 14.9 Å². The lowest BCUT2D eigenvalue weighted by atomic mass is 10.1. The highest BCUT2D eigenvalue weighted by atomic mass is 16.6. The van der Waals surface area contributed by atoms with Crippen LogP contribution in [0.2, 0.25) is 0 Å². The Labute approximate surface area is 121 Å². The first kappa shape index (κ1) is 13.4. The largest absolute Gasteiger partial charge is 0.340 e. The zero-order valence-electron chi connectivity index (χ0n) is 11.6. The molecule has 1 amide bonds. The fraction of sp³-hybridized carbons (Fsp3) is 0.267. The number of amides is 1. The summed E-state index contributed by atoms with van der Waals surface area (Å²) in [6.45, 7) is 0. The van der Waals surface area contributed by atoms with E-state index in [2.05, 4.69) is 5.32 Å². The van der Waals surface area contributed by atoms with E-state index in [9.17, 15) is 14.9 Å². The fourth-order valence-electron chi connectivity index (χ4n) is 2.72. The summed E-state index contributed by atoms with van der Waals surface area (Å²) in [5, 5.41) is 13.5. The van der Waals surface area contributed by atoms with Gasteiger partial charge in [0.25, 0.3) is 11.6 Å². The second-order valence-electron chi connectivity index (χ2n) is 5.24. The Hall–Kier alpha value is -2.63. The SMILES string of the molecule is Cn1cc([N+](=O)[O-])cc1C(=O)Nc1ccc2c(c1)CCC2. The summed E-state index contributed by atoms with van der Waals surface area (Å²) in [4.78, 5) is 22.4. The number of nitro groups is 1. The molecule has 21 heavy (non-hydrogen) atoms. The molecule has 0 fully saturated rings. The molecule has 0 bridgehead atoms. The number of aromatic nitrogens is 1. The summed E-state index contributed by atoms with van der Waals surface area (Å²) < 4.78 is 1.46. The maximum absolute atomic E-state index is 12.2. The van der Waals surface area contributed by atoms with Crippen molar-refractivity contribution in [2.24, 2.45) is 7.05 Å². The highest BCUT2D eigenvalue weighted by Gasteiger charge is 2.18. The predicted octanol–water partition coefficient (Wildman–Crippen LogP) is 2.67. The van der Waals surface area contributed by atoms with Crippen molar-refractivity contribution in [1.29, 1.82) is 0 Å². The first-order valence-corrected chi connectivity index (χ1v) is 6.78. The van der Waals surface area contributed by atoms with Gasteiger partial charge in [0.1, 0.15) is 5.69 Å². The van der Waals surface area contributed by atoms with Crippen molar-refractivity contribution in [2.45, 2.75) is 19.3 Å². The lowest BCUT2D eigenvalue weighted by Crippen LogP contribution is -2.15. The number of benzene rings is 1. The maximum atomic E-state index is 12.2. The lowest BCUT2D eigenvalue weighted by molar-refractivity contribution is -0.384. The molecule has 0 radical (unpaired) electrons. The van der Waals surface area contributed by atoms with Gasteiger partial charge in [0.05, 0.1) is 11.1 Å². The molecule has 0 saturated carbocycles. The van der Waals surface area contributed by atoms with Crippen molar-refractivity contribution in [3.05, 3.63) is 57.4 Å². The van der Waals surface area contributed by atoms with Crippen LogP contribution in [0.25, 0.3) is 0 Å². The third-order valence-corrected chi connectivity index (χ3v) is 3.79. The van der Waals surface area contributed by atoms with Gasteiger partial charge >= 0.3 is 0 Å². The molecule has 3 rings (SSSR count). The van der Waals surface area contributed by atoms with Crippen molar-refractivity contribution < 1.29 is 9.72 Å². The molecule has 2 aromatic rings. The number of rotatable bonds is 3. The van der Waals surface area contributed by atoms with Gasteiger partial charge in [-0.15, -0.1) is 0 Å². The van der Waals surface area contributed by atoms with E-state index in [4.69, 9.17) is 0 Å².